The van der Waals surface area contributed by atoms with E-state index in [1.165, 1.54) is 0 Å². The molecule has 0 aliphatic carbocycles. The zero-order valence-corrected chi connectivity index (χ0v) is 10.8. The third-order valence-corrected chi connectivity index (χ3v) is 3.23. The Labute approximate surface area is 111 Å². The Morgan fingerprint density at radius 1 is 1.39 bits per heavy atom. The molecule has 1 fully saturated rings. The van der Waals surface area contributed by atoms with Crippen molar-refractivity contribution in [3.63, 3.8) is 0 Å². The first kappa shape index (κ1) is 11.2. The van der Waals surface area contributed by atoms with Crippen molar-refractivity contribution in [1.29, 1.82) is 0 Å². The quantitative estimate of drug-likeness (QED) is 0.869. The van der Waals surface area contributed by atoms with E-state index in [9.17, 15) is 9.59 Å². The van der Waals surface area contributed by atoms with Crippen LogP contribution in [0.1, 0.15) is 6.42 Å². The van der Waals surface area contributed by atoms with Gasteiger partial charge in [-0.2, -0.15) is 5.10 Å². The van der Waals surface area contributed by atoms with E-state index in [0.717, 1.165) is 15.7 Å². The number of carbonyl (C=O) groups is 2. The van der Waals surface area contributed by atoms with E-state index in [2.05, 4.69) is 26.3 Å². The summed E-state index contributed by atoms with van der Waals surface area (Å²) in [6.07, 6.45) is 3.78. The minimum absolute atomic E-state index is 0.240. The summed E-state index contributed by atoms with van der Waals surface area (Å²) in [5, 5.41) is 6.44. The summed E-state index contributed by atoms with van der Waals surface area (Å²) < 4.78 is 2.50. The predicted octanol–water partition coefficient (Wildman–Crippen LogP) is 1.54. The van der Waals surface area contributed by atoms with Gasteiger partial charge in [-0.1, -0.05) is 0 Å². The normalized spacial score (nSPS) is 16.2. The standard InChI is InChI=1S/C11H9BrN4O2/c12-7-5-9(8-1-3-13-16(8)6-7)15-4-2-10(17)14-11(15)18/h1,3,5-6H,2,4H2,(H,14,17,18). The molecule has 6 nitrogen and oxygen atoms in total. The van der Waals surface area contributed by atoms with Crippen LogP contribution in [0.15, 0.2) is 29.0 Å². The fourth-order valence-corrected chi connectivity index (χ4v) is 2.40. The van der Waals surface area contributed by atoms with Gasteiger partial charge >= 0.3 is 6.03 Å². The molecule has 0 bridgehead atoms. The van der Waals surface area contributed by atoms with Crippen LogP contribution in [0, 0.1) is 0 Å². The number of hydrogen-bond acceptors (Lipinski definition) is 3. The van der Waals surface area contributed by atoms with Crippen LogP contribution >= 0.6 is 15.9 Å². The molecule has 0 aromatic carbocycles. The molecule has 0 saturated carbocycles. The van der Waals surface area contributed by atoms with Gasteiger partial charge in [-0.15, -0.1) is 0 Å². The Hall–Kier alpha value is -1.89. The number of aromatic nitrogens is 2. The lowest BCUT2D eigenvalue weighted by Gasteiger charge is -2.27. The molecule has 0 radical (unpaired) electrons. The van der Waals surface area contributed by atoms with Crippen LogP contribution in [0.5, 0.6) is 0 Å². The summed E-state index contributed by atoms with van der Waals surface area (Å²) in [5.74, 6) is -0.240. The number of urea groups is 1. The first-order chi connectivity index (χ1) is 8.65. The molecule has 1 aliphatic rings. The monoisotopic (exact) mass is 308 g/mol. The molecular weight excluding hydrogens is 300 g/mol. The first-order valence-corrected chi connectivity index (χ1v) is 6.19. The molecule has 3 amide bonds. The van der Waals surface area contributed by atoms with Crippen molar-refractivity contribution in [3.05, 3.63) is 29.0 Å². The van der Waals surface area contributed by atoms with Crippen LogP contribution in [0.4, 0.5) is 10.5 Å². The molecule has 0 atom stereocenters. The average molecular weight is 309 g/mol. The maximum absolute atomic E-state index is 11.8. The first-order valence-electron chi connectivity index (χ1n) is 5.39. The minimum Gasteiger partial charge on any atom is -0.291 e. The fourth-order valence-electron chi connectivity index (χ4n) is 1.99. The average Bonchev–Trinajstić information content (AvgIpc) is 2.76. The Bertz CT molecular complexity index is 652. The van der Waals surface area contributed by atoms with Crippen molar-refractivity contribution in [2.24, 2.45) is 0 Å². The van der Waals surface area contributed by atoms with E-state index in [1.54, 1.807) is 15.6 Å². The summed E-state index contributed by atoms with van der Waals surface area (Å²) in [6.45, 7) is 0.377. The highest BCUT2D eigenvalue weighted by Gasteiger charge is 2.26. The zero-order valence-electron chi connectivity index (χ0n) is 9.26. The van der Waals surface area contributed by atoms with Crippen LogP contribution in [0.25, 0.3) is 5.52 Å². The molecule has 3 rings (SSSR count). The second-order valence-electron chi connectivity index (χ2n) is 3.96. The highest BCUT2D eigenvalue weighted by atomic mass is 79.9. The van der Waals surface area contributed by atoms with Crippen molar-refractivity contribution < 1.29 is 9.59 Å². The van der Waals surface area contributed by atoms with Crippen molar-refractivity contribution in [2.75, 3.05) is 11.4 Å². The smallest absolute Gasteiger partial charge is 0.291 e. The molecule has 0 spiro atoms. The van der Waals surface area contributed by atoms with Crippen molar-refractivity contribution in [1.82, 2.24) is 14.9 Å². The summed E-state index contributed by atoms with van der Waals surface area (Å²) >= 11 is 3.38. The number of anilines is 1. The van der Waals surface area contributed by atoms with Crippen LogP contribution < -0.4 is 10.2 Å². The van der Waals surface area contributed by atoms with E-state index in [4.69, 9.17) is 0 Å². The number of fused-ring (bicyclic) bond motifs is 1. The molecule has 3 heterocycles. The van der Waals surface area contributed by atoms with Gasteiger partial charge in [0.2, 0.25) is 5.91 Å². The Balaban J connectivity index is 2.11. The third-order valence-electron chi connectivity index (χ3n) is 2.80. The maximum atomic E-state index is 11.8. The molecule has 1 N–H and O–H groups in total. The van der Waals surface area contributed by atoms with Crippen molar-refractivity contribution in [3.8, 4) is 0 Å². The number of rotatable bonds is 1. The Morgan fingerprint density at radius 2 is 2.22 bits per heavy atom. The van der Waals surface area contributed by atoms with E-state index < -0.39 is 6.03 Å². The van der Waals surface area contributed by atoms with Crippen LogP contribution in [-0.2, 0) is 4.79 Å². The highest BCUT2D eigenvalue weighted by molar-refractivity contribution is 9.10. The molecule has 92 valence electrons. The van der Waals surface area contributed by atoms with Crippen LogP contribution in [0.2, 0.25) is 0 Å². The number of hydrogen-bond donors (Lipinski definition) is 1. The second-order valence-corrected chi connectivity index (χ2v) is 4.88. The molecule has 18 heavy (non-hydrogen) atoms. The van der Waals surface area contributed by atoms with E-state index in [0.29, 0.717) is 13.0 Å². The molecule has 2 aromatic rings. The second kappa shape index (κ2) is 4.09. The van der Waals surface area contributed by atoms with E-state index in [-0.39, 0.29) is 5.91 Å². The van der Waals surface area contributed by atoms with Gasteiger partial charge in [0.25, 0.3) is 0 Å². The van der Waals surface area contributed by atoms with Gasteiger partial charge in [0.05, 0.1) is 17.4 Å². The molecule has 0 unspecified atom stereocenters. The highest BCUT2D eigenvalue weighted by Crippen LogP contribution is 2.27. The molecule has 1 saturated heterocycles. The lowest BCUT2D eigenvalue weighted by Crippen LogP contribution is -2.49. The number of imide groups is 1. The van der Waals surface area contributed by atoms with E-state index >= 15 is 0 Å². The lowest BCUT2D eigenvalue weighted by molar-refractivity contribution is -0.120. The number of halogens is 1. The largest absolute Gasteiger partial charge is 0.328 e. The van der Waals surface area contributed by atoms with Crippen molar-refractivity contribution >= 4 is 39.1 Å². The molecule has 1 aliphatic heterocycles. The number of amides is 3. The van der Waals surface area contributed by atoms with Gasteiger partial charge in [0, 0.05) is 23.6 Å². The third kappa shape index (κ3) is 1.76. The summed E-state index contributed by atoms with van der Waals surface area (Å²) in [7, 11) is 0. The molecular formula is C11H9BrN4O2. The van der Waals surface area contributed by atoms with Gasteiger partial charge in [-0.3, -0.25) is 15.0 Å². The summed E-state index contributed by atoms with van der Waals surface area (Å²) in [5.41, 5.74) is 1.55. The molecule has 7 heteroatoms. The zero-order chi connectivity index (χ0) is 12.7. The number of nitrogens with zero attached hydrogens (tertiary/aromatic N) is 3. The number of carbonyl (C=O) groups excluding carboxylic acids is 2. The Morgan fingerprint density at radius 3 is 3.00 bits per heavy atom. The minimum atomic E-state index is -0.396. The number of pyridine rings is 1. The van der Waals surface area contributed by atoms with Crippen molar-refractivity contribution in [2.45, 2.75) is 6.42 Å². The van der Waals surface area contributed by atoms with E-state index in [1.807, 2.05) is 18.3 Å². The van der Waals surface area contributed by atoms with Crippen LogP contribution in [0.3, 0.4) is 0 Å². The topological polar surface area (TPSA) is 66.7 Å². The summed E-state index contributed by atoms with van der Waals surface area (Å²) in [6, 6.07) is 3.27. The predicted molar refractivity (Wildman–Crippen MR) is 68.4 cm³/mol. The SMILES string of the molecule is O=C1CCN(c2cc(Br)cn3nccc23)C(=O)N1. The van der Waals surface area contributed by atoms with Gasteiger partial charge in [0.1, 0.15) is 0 Å². The van der Waals surface area contributed by atoms with Gasteiger partial charge in [-0.05, 0) is 28.1 Å². The summed E-state index contributed by atoms with van der Waals surface area (Å²) in [4.78, 5) is 24.5. The van der Waals surface area contributed by atoms with Gasteiger partial charge in [0.15, 0.2) is 0 Å². The number of nitrogens with one attached hydrogen (secondary N) is 1. The maximum Gasteiger partial charge on any atom is 0.328 e. The van der Waals surface area contributed by atoms with Gasteiger partial charge < -0.3 is 0 Å². The van der Waals surface area contributed by atoms with Gasteiger partial charge in [-0.25, -0.2) is 9.31 Å². The fraction of sp³-hybridized carbons (Fsp3) is 0.182. The van der Waals surface area contributed by atoms with Crippen LogP contribution in [-0.4, -0.2) is 28.1 Å². The molecule has 2 aromatic heterocycles. The Kier molecular flexibility index (Phi) is 2.55. The lowest BCUT2D eigenvalue weighted by atomic mass is 10.2.